The van der Waals surface area contributed by atoms with Gasteiger partial charge in [0.05, 0.1) is 0 Å². The molecule has 0 heterocycles. The maximum absolute atomic E-state index is 12.9. The summed E-state index contributed by atoms with van der Waals surface area (Å²) in [4.78, 5) is 38.4. The number of hydrogen-bond acceptors (Lipinski definition) is 6. The first-order chi connectivity index (χ1) is 41.0. The number of allylic oxidation sites excluding steroid dienone is 28. The van der Waals surface area contributed by atoms with Crippen LogP contribution in [0.15, 0.2) is 170 Å². The van der Waals surface area contributed by atoms with E-state index in [-0.39, 0.29) is 44.0 Å². The summed E-state index contributed by atoms with van der Waals surface area (Å²) in [5, 5.41) is 0. The third kappa shape index (κ3) is 67.4. The average molecular weight is 1140 g/mol. The molecule has 0 amide bonds. The van der Waals surface area contributed by atoms with E-state index in [9.17, 15) is 14.4 Å². The Morgan fingerprint density at radius 2 is 0.446 bits per heavy atom. The highest BCUT2D eigenvalue weighted by Crippen LogP contribution is 2.16. The van der Waals surface area contributed by atoms with Crippen molar-refractivity contribution < 1.29 is 28.6 Å². The second kappa shape index (κ2) is 69.3. The molecule has 0 N–H and O–H groups in total. The van der Waals surface area contributed by atoms with Crippen LogP contribution < -0.4 is 0 Å². The van der Waals surface area contributed by atoms with E-state index in [1.54, 1.807) is 0 Å². The number of ether oxygens (including phenoxy) is 3. The summed E-state index contributed by atoms with van der Waals surface area (Å²) in [6, 6.07) is 0. The Morgan fingerprint density at radius 1 is 0.241 bits per heavy atom. The minimum Gasteiger partial charge on any atom is -0.462 e. The lowest BCUT2D eigenvalue weighted by Crippen LogP contribution is -2.30. The maximum atomic E-state index is 12.9. The first-order valence-corrected chi connectivity index (χ1v) is 33.6. The van der Waals surface area contributed by atoms with Crippen molar-refractivity contribution in [2.24, 2.45) is 0 Å². The van der Waals surface area contributed by atoms with Crippen molar-refractivity contribution in [1.82, 2.24) is 0 Å². The Hall–Kier alpha value is -5.23. The number of unbranched alkanes of at least 4 members (excludes halogenated alkanes) is 20. The SMILES string of the molecule is CC/C=C\C/C=C\C/C=C\C/C=C\C/C=C\CCCCCCCC(=O)OC(COC(=O)CCC/C=C\C/C=C\C/C=C\C/C=C\C/C=C\CC)COC(=O)CCCCCCCCCCCCCCCC/C=C\C/C=C\C/C=C\C/C=C\CC. The Kier molecular flexibility index (Phi) is 64.9. The van der Waals surface area contributed by atoms with E-state index in [0.29, 0.717) is 12.8 Å². The van der Waals surface area contributed by atoms with Crippen molar-refractivity contribution >= 4 is 17.9 Å². The molecule has 466 valence electrons. The van der Waals surface area contributed by atoms with Crippen LogP contribution >= 0.6 is 0 Å². The van der Waals surface area contributed by atoms with Crippen LogP contribution in [0.1, 0.15) is 278 Å². The van der Waals surface area contributed by atoms with Crippen molar-refractivity contribution in [2.45, 2.75) is 284 Å². The Labute approximate surface area is 511 Å². The van der Waals surface area contributed by atoms with E-state index in [1.807, 2.05) is 0 Å². The molecular formula is C77H122O6. The molecule has 1 atom stereocenters. The number of carbonyl (C=O) groups excluding carboxylic acids is 3. The van der Waals surface area contributed by atoms with Crippen molar-refractivity contribution in [1.29, 1.82) is 0 Å². The predicted octanol–water partition coefficient (Wildman–Crippen LogP) is 23.4. The minimum atomic E-state index is -0.822. The van der Waals surface area contributed by atoms with E-state index >= 15 is 0 Å². The Morgan fingerprint density at radius 3 is 0.723 bits per heavy atom. The normalized spacial score (nSPS) is 13.2. The zero-order valence-electron chi connectivity index (χ0n) is 53.4. The summed E-state index contributed by atoms with van der Waals surface area (Å²) in [7, 11) is 0. The van der Waals surface area contributed by atoms with Crippen LogP contribution in [0.5, 0.6) is 0 Å². The molecule has 0 saturated carbocycles. The minimum absolute atomic E-state index is 0.111. The van der Waals surface area contributed by atoms with E-state index in [0.717, 1.165) is 154 Å². The van der Waals surface area contributed by atoms with Crippen LogP contribution in [0, 0.1) is 0 Å². The quantitative estimate of drug-likeness (QED) is 0.0261. The summed E-state index contributed by atoms with van der Waals surface area (Å²) < 4.78 is 16.9. The second-order valence-corrected chi connectivity index (χ2v) is 21.6. The lowest BCUT2D eigenvalue weighted by atomic mass is 10.0. The molecule has 1 unspecified atom stereocenters. The molecule has 0 radical (unpaired) electrons. The molecule has 0 bridgehead atoms. The first-order valence-electron chi connectivity index (χ1n) is 33.6. The lowest BCUT2D eigenvalue weighted by molar-refractivity contribution is -0.167. The number of esters is 3. The van der Waals surface area contributed by atoms with Crippen molar-refractivity contribution in [2.75, 3.05) is 13.2 Å². The molecule has 0 saturated heterocycles. The summed E-state index contributed by atoms with van der Waals surface area (Å²) in [6.07, 6.45) is 102. The molecule has 0 aliphatic heterocycles. The molecule has 0 fully saturated rings. The van der Waals surface area contributed by atoms with Crippen LogP contribution in [0.2, 0.25) is 0 Å². The largest absolute Gasteiger partial charge is 0.462 e. The van der Waals surface area contributed by atoms with Crippen LogP contribution in [-0.2, 0) is 28.6 Å². The summed E-state index contributed by atoms with van der Waals surface area (Å²) >= 11 is 0. The van der Waals surface area contributed by atoms with Gasteiger partial charge in [0, 0.05) is 19.3 Å². The third-order valence-corrected chi connectivity index (χ3v) is 13.7. The molecule has 0 rings (SSSR count). The monoisotopic (exact) mass is 1140 g/mol. The van der Waals surface area contributed by atoms with Crippen LogP contribution in [0.4, 0.5) is 0 Å². The predicted molar refractivity (Wildman–Crippen MR) is 361 cm³/mol. The molecule has 0 aromatic rings. The first kappa shape index (κ1) is 77.8. The Balaban J connectivity index is 4.45. The highest BCUT2D eigenvalue weighted by atomic mass is 16.6. The van der Waals surface area contributed by atoms with E-state index < -0.39 is 6.10 Å². The van der Waals surface area contributed by atoms with Gasteiger partial charge < -0.3 is 14.2 Å². The van der Waals surface area contributed by atoms with Crippen molar-refractivity contribution in [3.05, 3.63) is 170 Å². The van der Waals surface area contributed by atoms with Gasteiger partial charge in [-0.2, -0.15) is 0 Å². The smallest absolute Gasteiger partial charge is 0.306 e. The number of hydrogen-bond donors (Lipinski definition) is 0. The summed E-state index contributed by atoms with van der Waals surface area (Å²) in [6.45, 7) is 6.24. The summed E-state index contributed by atoms with van der Waals surface area (Å²) in [5.74, 6) is -0.992. The number of rotatable bonds is 59. The van der Waals surface area contributed by atoms with Gasteiger partial charge >= 0.3 is 17.9 Å². The fourth-order valence-corrected chi connectivity index (χ4v) is 8.79. The van der Waals surface area contributed by atoms with E-state index in [4.69, 9.17) is 14.2 Å². The van der Waals surface area contributed by atoms with Gasteiger partial charge in [-0.1, -0.05) is 287 Å². The van der Waals surface area contributed by atoms with Gasteiger partial charge in [0.1, 0.15) is 13.2 Å². The molecular weight excluding hydrogens is 1020 g/mol. The van der Waals surface area contributed by atoms with Crippen LogP contribution in [0.25, 0.3) is 0 Å². The molecule has 83 heavy (non-hydrogen) atoms. The van der Waals surface area contributed by atoms with Crippen molar-refractivity contribution in [3.8, 4) is 0 Å². The maximum Gasteiger partial charge on any atom is 0.306 e. The van der Waals surface area contributed by atoms with E-state index in [1.165, 1.54) is 77.0 Å². The summed E-state index contributed by atoms with van der Waals surface area (Å²) in [5.41, 5.74) is 0. The molecule has 6 nitrogen and oxygen atoms in total. The topological polar surface area (TPSA) is 78.9 Å². The zero-order chi connectivity index (χ0) is 59.9. The van der Waals surface area contributed by atoms with Gasteiger partial charge in [-0.3, -0.25) is 14.4 Å². The van der Waals surface area contributed by atoms with Gasteiger partial charge in [0.15, 0.2) is 6.10 Å². The van der Waals surface area contributed by atoms with Gasteiger partial charge in [-0.05, 0) is 141 Å². The molecule has 0 aromatic heterocycles. The molecule has 0 aliphatic rings. The molecule has 0 aliphatic carbocycles. The van der Waals surface area contributed by atoms with Gasteiger partial charge in [0.2, 0.25) is 0 Å². The number of carbonyl (C=O) groups is 3. The highest BCUT2D eigenvalue weighted by molar-refractivity contribution is 5.71. The fraction of sp³-hybridized carbons (Fsp3) is 0.597. The molecule has 0 spiro atoms. The third-order valence-electron chi connectivity index (χ3n) is 13.7. The van der Waals surface area contributed by atoms with Crippen LogP contribution in [-0.4, -0.2) is 37.2 Å². The molecule has 6 heteroatoms. The van der Waals surface area contributed by atoms with Gasteiger partial charge in [-0.25, -0.2) is 0 Å². The highest BCUT2D eigenvalue weighted by Gasteiger charge is 2.19. The zero-order valence-corrected chi connectivity index (χ0v) is 53.4. The molecule has 0 aromatic carbocycles. The van der Waals surface area contributed by atoms with Gasteiger partial charge in [-0.15, -0.1) is 0 Å². The fourth-order valence-electron chi connectivity index (χ4n) is 8.79. The van der Waals surface area contributed by atoms with E-state index in [2.05, 4.69) is 191 Å². The van der Waals surface area contributed by atoms with Crippen LogP contribution in [0.3, 0.4) is 0 Å². The van der Waals surface area contributed by atoms with Gasteiger partial charge in [0.25, 0.3) is 0 Å². The standard InChI is InChI=1S/C77H122O6/c1-4-7-10-13-16-19-22-25-28-31-33-35-36-37-38-39-40-42-43-46-49-52-55-58-61-64-67-70-76(79)82-73-74(72-81-75(78)69-66-63-60-57-54-51-48-45-30-27-24-21-18-15-12-9-6-3)83-77(80)71-68-65-62-59-56-53-50-47-44-41-34-32-29-26-23-20-17-14-11-8-5-2/h7-12,16-21,25-30,33-35,41,47-48,50-51,57,60,74H,4-6,13-15,22-24,31-32,36-40,42-46,49,52-56,58-59,61-73H2,1-3H3/b10-7-,11-8-,12-9-,19-16-,20-17-,21-18-,28-25-,29-26-,30-27-,35-33-,41-34-,50-47-,51-48-,60-57-. The Bertz CT molecular complexity index is 1890. The lowest BCUT2D eigenvalue weighted by Gasteiger charge is -2.18. The second-order valence-electron chi connectivity index (χ2n) is 21.6. The van der Waals surface area contributed by atoms with Crippen molar-refractivity contribution in [3.63, 3.8) is 0 Å². The average Bonchev–Trinajstić information content (AvgIpc) is 3.50.